The van der Waals surface area contributed by atoms with Gasteiger partial charge >= 0.3 is 5.97 Å². The van der Waals surface area contributed by atoms with Crippen LogP contribution in [0.25, 0.3) is 6.08 Å². The Kier molecular flexibility index (Phi) is 6.08. The number of amides is 1. The molecule has 0 spiro atoms. The van der Waals surface area contributed by atoms with Crippen LogP contribution < -0.4 is 5.32 Å². The zero-order valence-corrected chi connectivity index (χ0v) is 16.0. The van der Waals surface area contributed by atoms with Crippen LogP contribution in [0.5, 0.6) is 0 Å². The van der Waals surface area contributed by atoms with Crippen LogP contribution in [0.2, 0.25) is 0 Å². The zero-order chi connectivity index (χ0) is 19.2. The first kappa shape index (κ1) is 18.9. The summed E-state index contributed by atoms with van der Waals surface area (Å²) in [5.74, 6) is -0.527. The molecule has 0 saturated carbocycles. The van der Waals surface area contributed by atoms with Gasteiger partial charge in [0, 0.05) is 0 Å². The molecule has 27 heavy (non-hydrogen) atoms. The van der Waals surface area contributed by atoms with Crippen LogP contribution in [-0.4, -0.2) is 23.7 Å². The highest BCUT2D eigenvalue weighted by Crippen LogP contribution is 2.28. The maximum atomic E-state index is 12.2. The fourth-order valence-electron chi connectivity index (χ4n) is 2.49. The standard InChI is InChI=1S/C21H20N2O3S/c1-3-14-5-7-15(8-6-14)13-18-19(24)23-21(27-18)22-17-11-9-16(10-12-17)20(25)26-4-2/h5-13H,3-4H2,1-2H3,(H,22,23,24)/b18-13-. The van der Waals surface area contributed by atoms with Crippen LogP contribution in [0.1, 0.15) is 35.3 Å². The Labute approximate surface area is 162 Å². The monoisotopic (exact) mass is 380 g/mol. The van der Waals surface area contributed by atoms with E-state index in [2.05, 4.69) is 29.4 Å². The van der Waals surface area contributed by atoms with E-state index in [1.165, 1.54) is 17.3 Å². The number of nitrogens with one attached hydrogen (secondary N) is 1. The largest absolute Gasteiger partial charge is 0.462 e. The lowest BCUT2D eigenvalue weighted by molar-refractivity contribution is -0.115. The number of hydrogen-bond acceptors (Lipinski definition) is 5. The molecule has 138 valence electrons. The minimum atomic E-state index is -0.362. The number of ether oxygens (including phenoxy) is 1. The van der Waals surface area contributed by atoms with E-state index in [9.17, 15) is 9.59 Å². The molecule has 1 N–H and O–H groups in total. The van der Waals surface area contributed by atoms with E-state index in [1.807, 2.05) is 18.2 Å². The molecule has 1 aliphatic heterocycles. The Morgan fingerprint density at radius 3 is 2.44 bits per heavy atom. The molecular formula is C21H20N2O3S. The number of aryl methyl sites for hydroxylation is 1. The molecule has 1 saturated heterocycles. The van der Waals surface area contributed by atoms with Crippen molar-refractivity contribution in [3.8, 4) is 0 Å². The van der Waals surface area contributed by atoms with Crippen molar-refractivity contribution in [2.45, 2.75) is 20.3 Å². The molecule has 0 aliphatic carbocycles. The summed E-state index contributed by atoms with van der Waals surface area (Å²) >= 11 is 1.30. The van der Waals surface area contributed by atoms with Crippen molar-refractivity contribution in [1.29, 1.82) is 0 Å². The van der Waals surface area contributed by atoms with E-state index in [1.54, 1.807) is 31.2 Å². The molecule has 0 radical (unpaired) electrons. The number of aliphatic imine (C=N–C) groups is 1. The summed E-state index contributed by atoms with van der Waals surface area (Å²) in [6.07, 6.45) is 2.84. The Bertz CT molecular complexity index is 900. The lowest BCUT2D eigenvalue weighted by Crippen LogP contribution is -2.19. The van der Waals surface area contributed by atoms with Gasteiger partial charge in [-0.2, -0.15) is 0 Å². The number of amidine groups is 1. The van der Waals surface area contributed by atoms with Gasteiger partial charge in [0.05, 0.1) is 22.8 Å². The topological polar surface area (TPSA) is 67.8 Å². The molecule has 0 atom stereocenters. The Morgan fingerprint density at radius 1 is 1.11 bits per heavy atom. The molecule has 2 aromatic carbocycles. The number of thioether (sulfide) groups is 1. The summed E-state index contributed by atoms with van der Waals surface area (Å²) in [6, 6.07) is 14.9. The summed E-state index contributed by atoms with van der Waals surface area (Å²) in [7, 11) is 0. The SMILES string of the molecule is CCOC(=O)c1ccc(N=C2NC(=O)/C(=C/c3ccc(CC)cc3)S2)cc1. The highest BCUT2D eigenvalue weighted by atomic mass is 32.2. The number of esters is 1. The van der Waals surface area contributed by atoms with Gasteiger partial charge in [-0.25, -0.2) is 9.79 Å². The molecule has 1 fully saturated rings. The molecule has 0 aromatic heterocycles. The number of nitrogens with zero attached hydrogens (tertiary/aromatic N) is 1. The molecule has 1 heterocycles. The van der Waals surface area contributed by atoms with Gasteiger partial charge in [-0.3, -0.25) is 4.79 Å². The molecule has 2 aromatic rings. The predicted molar refractivity (Wildman–Crippen MR) is 109 cm³/mol. The Morgan fingerprint density at radius 2 is 1.81 bits per heavy atom. The van der Waals surface area contributed by atoms with Crippen LogP contribution in [-0.2, 0) is 16.0 Å². The predicted octanol–water partition coefficient (Wildman–Crippen LogP) is 4.32. The molecule has 5 nitrogen and oxygen atoms in total. The van der Waals surface area contributed by atoms with Gasteiger partial charge in [-0.1, -0.05) is 31.2 Å². The van der Waals surface area contributed by atoms with Gasteiger partial charge in [-0.05, 0) is 66.6 Å². The second-order valence-corrected chi connectivity index (χ2v) is 6.87. The van der Waals surface area contributed by atoms with Crippen LogP contribution >= 0.6 is 11.8 Å². The average molecular weight is 380 g/mol. The van der Waals surface area contributed by atoms with E-state index in [0.29, 0.717) is 27.9 Å². The van der Waals surface area contributed by atoms with E-state index < -0.39 is 0 Å². The minimum Gasteiger partial charge on any atom is -0.462 e. The lowest BCUT2D eigenvalue weighted by Gasteiger charge is -2.02. The summed E-state index contributed by atoms with van der Waals surface area (Å²) < 4.78 is 4.96. The number of carbonyl (C=O) groups is 2. The molecule has 1 aliphatic rings. The Balaban J connectivity index is 1.72. The lowest BCUT2D eigenvalue weighted by atomic mass is 10.1. The van der Waals surface area contributed by atoms with Crippen LogP contribution in [0, 0.1) is 0 Å². The van der Waals surface area contributed by atoms with E-state index in [4.69, 9.17) is 4.74 Å². The van der Waals surface area contributed by atoms with Gasteiger partial charge in [0.25, 0.3) is 5.91 Å². The third kappa shape index (κ3) is 4.86. The van der Waals surface area contributed by atoms with Crippen molar-refractivity contribution in [2.75, 3.05) is 6.61 Å². The van der Waals surface area contributed by atoms with Gasteiger partial charge in [0.1, 0.15) is 0 Å². The minimum absolute atomic E-state index is 0.165. The van der Waals surface area contributed by atoms with E-state index in [0.717, 1.165) is 12.0 Å². The van der Waals surface area contributed by atoms with Crippen molar-refractivity contribution in [3.63, 3.8) is 0 Å². The Hall–Kier alpha value is -2.86. The van der Waals surface area contributed by atoms with Gasteiger partial charge in [-0.15, -0.1) is 0 Å². The summed E-state index contributed by atoms with van der Waals surface area (Å²) in [6.45, 7) is 4.21. The van der Waals surface area contributed by atoms with Gasteiger partial charge in [0.15, 0.2) is 5.17 Å². The van der Waals surface area contributed by atoms with E-state index >= 15 is 0 Å². The number of carbonyl (C=O) groups excluding carboxylic acids is 2. The zero-order valence-electron chi connectivity index (χ0n) is 15.2. The fraction of sp³-hybridized carbons (Fsp3) is 0.190. The molecule has 0 bridgehead atoms. The van der Waals surface area contributed by atoms with E-state index in [-0.39, 0.29) is 11.9 Å². The van der Waals surface area contributed by atoms with Crippen molar-refractivity contribution >= 4 is 40.6 Å². The second kappa shape index (κ2) is 8.68. The first-order valence-electron chi connectivity index (χ1n) is 8.74. The maximum Gasteiger partial charge on any atom is 0.338 e. The summed E-state index contributed by atoms with van der Waals surface area (Å²) in [4.78, 5) is 28.9. The van der Waals surface area contributed by atoms with Gasteiger partial charge < -0.3 is 10.1 Å². The molecule has 1 amide bonds. The quantitative estimate of drug-likeness (QED) is 0.620. The van der Waals surface area contributed by atoms with Crippen LogP contribution in [0.4, 0.5) is 5.69 Å². The number of hydrogen-bond donors (Lipinski definition) is 1. The molecule has 0 unspecified atom stereocenters. The summed E-state index contributed by atoms with van der Waals surface area (Å²) in [5.41, 5.74) is 3.36. The second-order valence-electron chi connectivity index (χ2n) is 5.84. The maximum absolute atomic E-state index is 12.2. The van der Waals surface area contributed by atoms with Crippen molar-refractivity contribution < 1.29 is 14.3 Å². The summed E-state index contributed by atoms with van der Waals surface area (Å²) in [5, 5.41) is 3.28. The van der Waals surface area contributed by atoms with Gasteiger partial charge in [0.2, 0.25) is 0 Å². The molecule has 6 heteroatoms. The smallest absolute Gasteiger partial charge is 0.338 e. The molecular weight excluding hydrogens is 360 g/mol. The fourth-order valence-corrected chi connectivity index (χ4v) is 3.33. The highest BCUT2D eigenvalue weighted by Gasteiger charge is 2.23. The first-order chi connectivity index (χ1) is 13.1. The van der Waals surface area contributed by atoms with Crippen molar-refractivity contribution in [3.05, 3.63) is 70.1 Å². The first-order valence-corrected chi connectivity index (χ1v) is 9.56. The van der Waals surface area contributed by atoms with Crippen molar-refractivity contribution in [2.24, 2.45) is 4.99 Å². The van der Waals surface area contributed by atoms with Crippen LogP contribution in [0.15, 0.2) is 58.4 Å². The van der Waals surface area contributed by atoms with Crippen LogP contribution in [0.3, 0.4) is 0 Å². The molecule has 3 rings (SSSR count). The number of benzene rings is 2. The van der Waals surface area contributed by atoms with Crippen molar-refractivity contribution in [1.82, 2.24) is 5.32 Å². The third-order valence-electron chi connectivity index (χ3n) is 3.95. The average Bonchev–Trinajstić information content (AvgIpc) is 3.02. The highest BCUT2D eigenvalue weighted by molar-refractivity contribution is 8.18. The normalized spacial score (nSPS) is 16.6. The third-order valence-corrected chi connectivity index (χ3v) is 4.86. The number of rotatable bonds is 5.